The Bertz CT molecular complexity index is 1070. The van der Waals surface area contributed by atoms with Crippen molar-refractivity contribution in [3.63, 3.8) is 0 Å². The number of halogens is 1. The van der Waals surface area contributed by atoms with Crippen LogP contribution in [-0.4, -0.2) is 58.3 Å². The van der Waals surface area contributed by atoms with E-state index in [1.165, 1.54) is 25.0 Å². The molecule has 2 N–H and O–H groups in total. The number of anilines is 1. The van der Waals surface area contributed by atoms with Gasteiger partial charge in [0.15, 0.2) is 0 Å². The molecule has 6 nitrogen and oxygen atoms in total. The number of aromatic nitrogens is 1. The molecule has 2 amide bonds. The molecule has 7 heteroatoms. The van der Waals surface area contributed by atoms with E-state index < -0.39 is 5.82 Å². The van der Waals surface area contributed by atoms with Crippen molar-refractivity contribution in [1.82, 2.24) is 14.8 Å². The Morgan fingerprint density at radius 2 is 1.97 bits per heavy atom. The van der Waals surface area contributed by atoms with E-state index in [4.69, 9.17) is 0 Å². The van der Waals surface area contributed by atoms with E-state index in [0.717, 1.165) is 26.1 Å². The van der Waals surface area contributed by atoms with Crippen LogP contribution >= 0.6 is 0 Å². The minimum atomic E-state index is -0.439. The lowest BCUT2D eigenvalue weighted by Gasteiger charge is -2.33. The average molecular weight is 437 g/mol. The first kappa shape index (κ1) is 20.9. The van der Waals surface area contributed by atoms with Crippen LogP contribution in [-0.2, 0) is 9.59 Å². The van der Waals surface area contributed by atoms with Gasteiger partial charge in [0.25, 0.3) is 11.8 Å². The number of nitrogens with zero attached hydrogens (tertiary/aromatic N) is 2. The number of carbonyl (C=O) groups is 2. The molecular formula is C25H29FN4O2. The monoisotopic (exact) mass is 436 g/mol. The van der Waals surface area contributed by atoms with Crippen molar-refractivity contribution in [1.29, 1.82) is 0 Å². The van der Waals surface area contributed by atoms with E-state index in [1.54, 1.807) is 24.4 Å². The fourth-order valence-electron chi connectivity index (χ4n) is 5.62. The van der Waals surface area contributed by atoms with Gasteiger partial charge in [0.2, 0.25) is 0 Å². The third kappa shape index (κ3) is 3.54. The van der Waals surface area contributed by atoms with Gasteiger partial charge in [-0.15, -0.1) is 0 Å². The van der Waals surface area contributed by atoms with Gasteiger partial charge in [0.05, 0.1) is 16.8 Å². The maximum Gasteiger partial charge on any atom is 0.257 e. The number of rotatable bonds is 4. The molecule has 0 spiro atoms. The lowest BCUT2D eigenvalue weighted by Crippen LogP contribution is -2.47. The van der Waals surface area contributed by atoms with Crippen LogP contribution in [0.4, 0.5) is 10.1 Å². The third-order valence-corrected chi connectivity index (χ3v) is 7.14. The molecule has 3 atom stereocenters. The first-order valence-electron chi connectivity index (χ1n) is 11.5. The van der Waals surface area contributed by atoms with Crippen molar-refractivity contribution >= 4 is 28.6 Å². The van der Waals surface area contributed by atoms with Gasteiger partial charge < -0.3 is 20.1 Å². The highest BCUT2D eigenvalue weighted by Crippen LogP contribution is 2.40. The standard InChI is InChI=1S/C25H29FN4O2/c1-15-12-16(2)30(21(15)14-29-10-3-4-11-29)25(32)23(20-6-5-9-27-20)22-18-13-17(26)7-8-19(18)28-24(22)31/h5-9,13,15-16,21,27H,3-4,10-12,14H2,1-2H3,(H,28,31)/b23-22-/t15?,16?,21-/m0/s1. The van der Waals surface area contributed by atoms with Gasteiger partial charge in [-0.25, -0.2) is 4.39 Å². The second-order valence-corrected chi connectivity index (χ2v) is 9.33. The molecule has 3 aliphatic rings. The van der Waals surface area contributed by atoms with Crippen LogP contribution in [0, 0.1) is 11.7 Å². The summed E-state index contributed by atoms with van der Waals surface area (Å²) in [5.74, 6) is -0.618. The molecule has 2 fully saturated rings. The van der Waals surface area contributed by atoms with Crippen LogP contribution in [0.5, 0.6) is 0 Å². The number of hydrogen-bond acceptors (Lipinski definition) is 3. The van der Waals surface area contributed by atoms with E-state index in [-0.39, 0.29) is 29.5 Å². The van der Waals surface area contributed by atoms with Crippen molar-refractivity contribution in [2.45, 2.75) is 45.2 Å². The van der Waals surface area contributed by atoms with Gasteiger partial charge in [-0.1, -0.05) is 6.92 Å². The van der Waals surface area contributed by atoms with Crippen molar-refractivity contribution in [2.24, 2.45) is 5.92 Å². The van der Waals surface area contributed by atoms with Crippen LogP contribution in [0.3, 0.4) is 0 Å². The van der Waals surface area contributed by atoms with Crippen LogP contribution in [0.25, 0.3) is 11.1 Å². The molecule has 2 saturated heterocycles. The molecule has 2 unspecified atom stereocenters. The Morgan fingerprint density at radius 1 is 1.19 bits per heavy atom. The summed E-state index contributed by atoms with van der Waals surface area (Å²) >= 11 is 0. The quantitative estimate of drug-likeness (QED) is 0.718. The number of fused-ring (bicyclic) bond motifs is 1. The molecule has 5 rings (SSSR count). The highest BCUT2D eigenvalue weighted by Gasteiger charge is 2.43. The molecule has 1 aromatic carbocycles. The highest BCUT2D eigenvalue weighted by molar-refractivity contribution is 6.45. The second-order valence-electron chi connectivity index (χ2n) is 9.33. The first-order valence-corrected chi connectivity index (χ1v) is 11.5. The normalized spacial score (nSPS) is 27.0. The van der Waals surface area contributed by atoms with E-state index in [0.29, 0.717) is 28.4 Å². The third-order valence-electron chi connectivity index (χ3n) is 7.14. The molecule has 0 bridgehead atoms. The van der Waals surface area contributed by atoms with Crippen molar-refractivity contribution in [2.75, 3.05) is 25.0 Å². The van der Waals surface area contributed by atoms with E-state index in [2.05, 4.69) is 29.0 Å². The number of amides is 2. The van der Waals surface area contributed by atoms with Gasteiger partial charge in [0, 0.05) is 36.1 Å². The minimum Gasteiger partial charge on any atom is -0.361 e. The van der Waals surface area contributed by atoms with Gasteiger partial charge in [-0.05, 0) is 75.5 Å². The predicted molar refractivity (Wildman–Crippen MR) is 122 cm³/mol. The molecule has 1 aromatic heterocycles. The molecule has 0 radical (unpaired) electrons. The Hall–Kier alpha value is -2.93. The van der Waals surface area contributed by atoms with Crippen molar-refractivity contribution < 1.29 is 14.0 Å². The molecule has 32 heavy (non-hydrogen) atoms. The fraction of sp³-hybridized carbons (Fsp3) is 0.440. The molecule has 0 aliphatic carbocycles. The Kier molecular flexibility index (Phi) is 5.37. The van der Waals surface area contributed by atoms with E-state index in [9.17, 15) is 14.0 Å². The Labute approximate surface area is 187 Å². The topological polar surface area (TPSA) is 68.4 Å². The van der Waals surface area contributed by atoms with E-state index >= 15 is 0 Å². The summed E-state index contributed by atoms with van der Waals surface area (Å²) < 4.78 is 14.1. The lowest BCUT2D eigenvalue weighted by molar-refractivity contribution is -0.128. The fourth-order valence-corrected chi connectivity index (χ4v) is 5.62. The lowest BCUT2D eigenvalue weighted by atomic mass is 9.96. The number of benzene rings is 1. The zero-order valence-corrected chi connectivity index (χ0v) is 18.5. The summed E-state index contributed by atoms with van der Waals surface area (Å²) in [6.45, 7) is 7.27. The van der Waals surface area contributed by atoms with E-state index in [1.807, 2.05) is 4.90 Å². The number of likely N-dealkylation sites (tertiary alicyclic amines) is 2. The molecule has 3 aliphatic heterocycles. The highest BCUT2D eigenvalue weighted by atomic mass is 19.1. The second kappa shape index (κ2) is 8.20. The first-order chi connectivity index (χ1) is 15.4. The number of carbonyl (C=O) groups excluding carboxylic acids is 2. The van der Waals surface area contributed by atoms with Gasteiger partial charge in [-0.3, -0.25) is 9.59 Å². The molecule has 168 valence electrons. The summed E-state index contributed by atoms with van der Waals surface area (Å²) in [6, 6.07) is 7.93. The molecular weight excluding hydrogens is 407 g/mol. The summed E-state index contributed by atoms with van der Waals surface area (Å²) in [5.41, 5.74) is 2.08. The summed E-state index contributed by atoms with van der Waals surface area (Å²) in [6.07, 6.45) is 5.06. The number of hydrogen-bond donors (Lipinski definition) is 2. The molecule has 4 heterocycles. The summed E-state index contributed by atoms with van der Waals surface area (Å²) in [7, 11) is 0. The van der Waals surface area contributed by atoms with Crippen LogP contribution in [0.2, 0.25) is 0 Å². The number of aromatic amines is 1. The summed E-state index contributed by atoms with van der Waals surface area (Å²) in [4.78, 5) is 34.7. The minimum absolute atomic E-state index is 0.0621. The molecule has 0 saturated carbocycles. The van der Waals surface area contributed by atoms with Crippen molar-refractivity contribution in [3.05, 3.63) is 53.6 Å². The van der Waals surface area contributed by atoms with Crippen LogP contribution in [0.15, 0.2) is 36.5 Å². The zero-order valence-electron chi connectivity index (χ0n) is 18.5. The van der Waals surface area contributed by atoms with Crippen LogP contribution in [0.1, 0.15) is 44.4 Å². The van der Waals surface area contributed by atoms with Gasteiger partial charge in [0.1, 0.15) is 5.82 Å². The maximum absolute atomic E-state index is 14.2. The number of H-pyrrole nitrogens is 1. The maximum atomic E-state index is 14.2. The SMILES string of the molecule is CC1CC(C)N(C(=O)/C(=C2\C(=O)Nc3ccc(F)cc32)c2ccc[nH]2)[C@H]1CN1CCCC1. The van der Waals surface area contributed by atoms with Crippen molar-refractivity contribution in [3.8, 4) is 0 Å². The smallest absolute Gasteiger partial charge is 0.257 e. The van der Waals surface area contributed by atoms with Gasteiger partial charge in [-0.2, -0.15) is 0 Å². The largest absolute Gasteiger partial charge is 0.361 e. The summed E-state index contributed by atoms with van der Waals surface area (Å²) in [5, 5.41) is 2.80. The Morgan fingerprint density at radius 3 is 2.69 bits per heavy atom. The molecule has 2 aromatic rings. The number of nitrogens with one attached hydrogen (secondary N) is 2. The van der Waals surface area contributed by atoms with Crippen LogP contribution < -0.4 is 5.32 Å². The average Bonchev–Trinajstić information content (AvgIpc) is 3.53. The predicted octanol–water partition coefficient (Wildman–Crippen LogP) is 3.74. The Balaban J connectivity index is 1.60. The zero-order chi connectivity index (χ0) is 22.4. The van der Waals surface area contributed by atoms with Gasteiger partial charge >= 0.3 is 0 Å².